The lowest BCUT2D eigenvalue weighted by atomic mass is 9.81. The van der Waals surface area contributed by atoms with E-state index in [0.29, 0.717) is 0 Å². The first-order valence-corrected chi connectivity index (χ1v) is 12.3. The molecular formula is C33H35N. The van der Waals surface area contributed by atoms with Crippen molar-refractivity contribution in [3.63, 3.8) is 0 Å². The average Bonchev–Trinajstić information content (AvgIpc) is 3.05. The third-order valence-corrected chi connectivity index (χ3v) is 7.19. The Labute approximate surface area is 206 Å². The maximum Gasteiger partial charge on any atom is 0.0454 e. The molecule has 172 valence electrons. The SMILES string of the molecule is [2H]C(C)c1cc2c(cc1N(c1ccc(-c3ccccc3)cc1)C(C)(C)C)-c1ccccc1C2(C)C. The molecule has 1 aliphatic rings. The van der Waals surface area contributed by atoms with Gasteiger partial charge in [-0.2, -0.15) is 0 Å². The van der Waals surface area contributed by atoms with Crippen molar-refractivity contribution in [2.75, 3.05) is 4.90 Å². The Morgan fingerprint density at radius 1 is 0.735 bits per heavy atom. The highest BCUT2D eigenvalue weighted by molar-refractivity contribution is 5.86. The van der Waals surface area contributed by atoms with Crippen molar-refractivity contribution in [1.29, 1.82) is 0 Å². The van der Waals surface area contributed by atoms with Crippen molar-refractivity contribution in [1.82, 2.24) is 0 Å². The number of hydrogen-bond donors (Lipinski definition) is 0. The number of rotatable bonds is 4. The molecule has 0 saturated heterocycles. The van der Waals surface area contributed by atoms with Crippen LogP contribution in [-0.4, -0.2) is 5.54 Å². The fraction of sp³-hybridized carbons (Fsp3) is 0.273. The van der Waals surface area contributed by atoms with Gasteiger partial charge in [0.25, 0.3) is 0 Å². The monoisotopic (exact) mass is 446 g/mol. The molecule has 4 aromatic carbocycles. The predicted molar refractivity (Wildman–Crippen MR) is 147 cm³/mol. The molecule has 0 N–H and O–H groups in total. The maximum absolute atomic E-state index is 8.79. The van der Waals surface area contributed by atoms with Gasteiger partial charge in [0, 0.05) is 23.7 Å². The molecular weight excluding hydrogens is 410 g/mol. The van der Waals surface area contributed by atoms with Crippen LogP contribution in [0.1, 0.15) is 59.6 Å². The summed E-state index contributed by atoms with van der Waals surface area (Å²) in [4.78, 5) is 2.41. The van der Waals surface area contributed by atoms with Crippen LogP contribution in [0.2, 0.25) is 0 Å². The first kappa shape index (κ1) is 21.2. The van der Waals surface area contributed by atoms with Crippen LogP contribution in [0.4, 0.5) is 11.4 Å². The average molecular weight is 447 g/mol. The minimum Gasteiger partial charge on any atom is -0.336 e. The summed E-state index contributed by atoms with van der Waals surface area (Å²) in [6.45, 7) is 13.4. The van der Waals surface area contributed by atoms with Crippen molar-refractivity contribution in [2.45, 2.75) is 58.9 Å². The van der Waals surface area contributed by atoms with Crippen LogP contribution in [0.15, 0.2) is 91.0 Å². The summed E-state index contributed by atoms with van der Waals surface area (Å²) in [6, 6.07) is 32.8. The molecule has 1 nitrogen and oxygen atoms in total. The van der Waals surface area contributed by atoms with Crippen LogP contribution in [-0.2, 0) is 11.8 Å². The molecule has 0 bridgehead atoms. The Hall–Kier alpha value is -3.32. The van der Waals surface area contributed by atoms with Gasteiger partial charge < -0.3 is 4.90 Å². The van der Waals surface area contributed by atoms with E-state index in [-0.39, 0.29) is 17.4 Å². The minimum atomic E-state index is -0.330. The number of hydrogen-bond acceptors (Lipinski definition) is 1. The quantitative estimate of drug-likeness (QED) is 0.302. The third kappa shape index (κ3) is 3.64. The van der Waals surface area contributed by atoms with Crippen LogP contribution in [0.5, 0.6) is 0 Å². The summed E-state index contributed by atoms with van der Waals surface area (Å²) < 4.78 is 8.79. The third-order valence-electron chi connectivity index (χ3n) is 7.19. The van der Waals surface area contributed by atoms with E-state index in [4.69, 9.17) is 1.37 Å². The molecule has 34 heavy (non-hydrogen) atoms. The zero-order chi connectivity index (χ0) is 25.0. The smallest absolute Gasteiger partial charge is 0.0454 e. The Morgan fingerprint density at radius 3 is 2.00 bits per heavy atom. The van der Waals surface area contributed by atoms with Gasteiger partial charge in [0.15, 0.2) is 0 Å². The molecule has 0 fully saturated rings. The second kappa shape index (κ2) is 8.17. The zero-order valence-corrected chi connectivity index (χ0v) is 21.2. The molecule has 1 heteroatoms. The van der Waals surface area contributed by atoms with Crippen LogP contribution in [0.25, 0.3) is 22.3 Å². The first-order chi connectivity index (χ1) is 16.6. The van der Waals surface area contributed by atoms with Crippen LogP contribution < -0.4 is 4.90 Å². The van der Waals surface area contributed by atoms with Crippen molar-refractivity contribution in [3.05, 3.63) is 108 Å². The molecule has 0 saturated carbocycles. The van der Waals surface area contributed by atoms with E-state index in [9.17, 15) is 0 Å². The van der Waals surface area contributed by atoms with Gasteiger partial charge in [-0.3, -0.25) is 0 Å². The first-order valence-electron chi connectivity index (χ1n) is 12.8. The second-order valence-electron chi connectivity index (χ2n) is 10.8. The molecule has 1 unspecified atom stereocenters. The van der Waals surface area contributed by atoms with Crippen LogP contribution >= 0.6 is 0 Å². The Kier molecular flexibility index (Phi) is 5.10. The lowest BCUT2D eigenvalue weighted by Gasteiger charge is -2.39. The van der Waals surface area contributed by atoms with Crippen molar-refractivity contribution in [3.8, 4) is 22.3 Å². The molecule has 1 atom stereocenters. The summed E-state index contributed by atoms with van der Waals surface area (Å²) >= 11 is 0. The molecule has 0 amide bonds. The van der Waals surface area contributed by atoms with E-state index >= 15 is 0 Å². The predicted octanol–water partition coefficient (Wildman–Crippen LogP) is 9.16. The second-order valence-corrected chi connectivity index (χ2v) is 10.8. The number of nitrogens with zero attached hydrogens (tertiary/aromatic N) is 1. The molecule has 0 aromatic heterocycles. The molecule has 0 spiro atoms. The highest BCUT2D eigenvalue weighted by Crippen LogP contribution is 2.51. The maximum atomic E-state index is 8.79. The van der Waals surface area contributed by atoms with Gasteiger partial charge in [-0.05, 0) is 84.3 Å². The van der Waals surface area contributed by atoms with E-state index < -0.39 is 0 Å². The van der Waals surface area contributed by atoms with E-state index in [1.54, 1.807) is 0 Å². The van der Waals surface area contributed by atoms with Crippen molar-refractivity contribution < 1.29 is 1.37 Å². The van der Waals surface area contributed by atoms with E-state index in [1.807, 2.05) is 6.92 Å². The van der Waals surface area contributed by atoms with Gasteiger partial charge in [0.1, 0.15) is 0 Å². The molecule has 0 aliphatic heterocycles. The van der Waals surface area contributed by atoms with Gasteiger partial charge in [-0.25, -0.2) is 0 Å². The molecule has 5 rings (SSSR count). The Morgan fingerprint density at radius 2 is 1.35 bits per heavy atom. The van der Waals surface area contributed by atoms with Gasteiger partial charge in [0.2, 0.25) is 0 Å². The zero-order valence-electron chi connectivity index (χ0n) is 22.2. The van der Waals surface area contributed by atoms with E-state index in [1.165, 1.54) is 33.4 Å². The van der Waals surface area contributed by atoms with E-state index in [2.05, 4.69) is 131 Å². The number of anilines is 2. The number of benzene rings is 4. The van der Waals surface area contributed by atoms with Crippen LogP contribution in [0, 0.1) is 0 Å². The van der Waals surface area contributed by atoms with Crippen molar-refractivity contribution >= 4 is 11.4 Å². The van der Waals surface area contributed by atoms with Gasteiger partial charge >= 0.3 is 0 Å². The standard InChI is InChI=1S/C33H35N/c1-7-23-21-30-28(27-15-11-12-16-29(27)33(30,5)6)22-31(23)34(32(2,3)4)26-19-17-25(18-20-26)24-13-9-8-10-14-24/h8-22H,7H2,1-6H3/i7D. The normalized spacial score (nSPS) is 15.3. The fourth-order valence-electron chi connectivity index (χ4n) is 5.50. The van der Waals surface area contributed by atoms with Gasteiger partial charge in [-0.15, -0.1) is 0 Å². The number of fused-ring (bicyclic) bond motifs is 3. The lowest BCUT2D eigenvalue weighted by molar-refractivity contribution is 0.558. The molecule has 4 aromatic rings. The van der Waals surface area contributed by atoms with E-state index in [0.717, 1.165) is 16.9 Å². The molecule has 1 aliphatic carbocycles. The molecule has 0 heterocycles. The van der Waals surface area contributed by atoms with Crippen LogP contribution in [0.3, 0.4) is 0 Å². The summed E-state index contributed by atoms with van der Waals surface area (Å²) in [5.74, 6) is 0. The topological polar surface area (TPSA) is 3.24 Å². The summed E-state index contributed by atoms with van der Waals surface area (Å²) in [6.07, 6.45) is -0.330. The largest absolute Gasteiger partial charge is 0.336 e. The van der Waals surface area contributed by atoms with Crippen molar-refractivity contribution in [2.24, 2.45) is 0 Å². The highest BCUT2D eigenvalue weighted by Gasteiger charge is 2.37. The summed E-state index contributed by atoms with van der Waals surface area (Å²) in [5, 5.41) is 0. The lowest BCUT2D eigenvalue weighted by Crippen LogP contribution is -2.38. The summed E-state index contributed by atoms with van der Waals surface area (Å²) in [5.41, 5.74) is 10.8. The van der Waals surface area contributed by atoms with Gasteiger partial charge in [0.05, 0.1) is 0 Å². The minimum absolute atomic E-state index is 0.0714. The Balaban J connectivity index is 1.69. The molecule has 0 radical (unpaired) electrons. The fourth-order valence-corrected chi connectivity index (χ4v) is 5.50. The van der Waals surface area contributed by atoms with Gasteiger partial charge in [-0.1, -0.05) is 93.6 Å². The highest BCUT2D eigenvalue weighted by atomic mass is 15.2. The summed E-state index contributed by atoms with van der Waals surface area (Å²) in [7, 11) is 0. The number of aryl methyl sites for hydroxylation is 1. The Bertz CT molecular complexity index is 1360.